The maximum atomic E-state index is 12.4. The lowest BCUT2D eigenvalue weighted by Gasteiger charge is -2.36. The largest absolute Gasteiger partial charge is 0.459 e. The fourth-order valence-electron chi connectivity index (χ4n) is 3.37. The minimum atomic E-state index is -0.0612. The van der Waals surface area contributed by atoms with Gasteiger partial charge in [0.05, 0.1) is 6.26 Å². The second-order valence-electron chi connectivity index (χ2n) is 6.68. The molecule has 1 aliphatic rings. The van der Waals surface area contributed by atoms with Crippen LogP contribution in [0.3, 0.4) is 0 Å². The van der Waals surface area contributed by atoms with Crippen LogP contribution in [0.25, 0.3) is 11.0 Å². The van der Waals surface area contributed by atoms with Crippen molar-refractivity contribution in [1.82, 2.24) is 15.1 Å². The molecule has 3 heterocycles. The third-order valence-corrected chi connectivity index (χ3v) is 4.79. The summed E-state index contributed by atoms with van der Waals surface area (Å²) in [6.45, 7) is 6.01. The van der Waals surface area contributed by atoms with Crippen LogP contribution in [0.5, 0.6) is 0 Å². The monoisotopic (exact) mass is 380 g/mol. The predicted octanol–water partition coefficient (Wildman–Crippen LogP) is 2.95. The van der Waals surface area contributed by atoms with Crippen LogP contribution in [0.15, 0.2) is 62.6 Å². The van der Waals surface area contributed by atoms with Crippen LogP contribution in [-0.4, -0.2) is 54.4 Å². The number of carbonyl (C=O) groups excluding carboxylic acids is 1. The van der Waals surface area contributed by atoms with Gasteiger partial charge in [-0.15, -0.1) is 0 Å². The smallest absolute Gasteiger partial charge is 0.289 e. The Hall–Kier alpha value is -3.22. The molecule has 0 aliphatic carbocycles. The first-order chi connectivity index (χ1) is 13.7. The number of hydrogen-bond acceptors (Lipinski definition) is 4. The molecule has 3 aromatic rings. The molecule has 0 radical (unpaired) electrons. The van der Waals surface area contributed by atoms with E-state index in [9.17, 15) is 4.79 Å². The minimum Gasteiger partial charge on any atom is -0.459 e. The molecule has 28 heavy (non-hydrogen) atoms. The van der Waals surface area contributed by atoms with E-state index in [0.29, 0.717) is 25.4 Å². The number of hydrogen-bond donors (Lipinski definition) is 1. The molecule has 0 spiro atoms. The van der Waals surface area contributed by atoms with Crippen LogP contribution in [0, 0.1) is 0 Å². The second-order valence-corrected chi connectivity index (χ2v) is 6.68. The van der Waals surface area contributed by atoms with Crippen molar-refractivity contribution in [3.63, 3.8) is 0 Å². The summed E-state index contributed by atoms with van der Waals surface area (Å²) in [7, 11) is 0. The molecule has 7 heteroatoms. The molecule has 1 amide bonds. The lowest BCUT2D eigenvalue weighted by Crippen LogP contribution is -2.53. The van der Waals surface area contributed by atoms with Crippen LogP contribution < -0.4 is 5.32 Å². The Labute approximate surface area is 163 Å². The fourth-order valence-corrected chi connectivity index (χ4v) is 3.37. The summed E-state index contributed by atoms with van der Waals surface area (Å²) >= 11 is 0. The molecule has 2 aromatic heterocycles. The van der Waals surface area contributed by atoms with Gasteiger partial charge in [0, 0.05) is 38.1 Å². The van der Waals surface area contributed by atoms with E-state index in [2.05, 4.69) is 10.2 Å². The predicted molar refractivity (Wildman–Crippen MR) is 107 cm³/mol. The van der Waals surface area contributed by atoms with Crippen LogP contribution in [0.1, 0.15) is 23.2 Å². The number of furan rings is 2. The van der Waals surface area contributed by atoms with Crippen molar-refractivity contribution in [3.05, 3.63) is 60.2 Å². The molecule has 7 nitrogen and oxygen atoms in total. The highest BCUT2D eigenvalue weighted by molar-refractivity contribution is 5.91. The first-order valence-electron chi connectivity index (χ1n) is 9.58. The van der Waals surface area contributed by atoms with Gasteiger partial charge in [-0.05, 0) is 31.2 Å². The SMILES string of the molecule is CCNC(=NCc1cc2ccccc2o1)N1CCN(C(=O)c2ccco2)CC1. The van der Waals surface area contributed by atoms with Gasteiger partial charge in [0.25, 0.3) is 5.91 Å². The topological polar surface area (TPSA) is 74.2 Å². The number of guanidine groups is 1. The summed E-state index contributed by atoms with van der Waals surface area (Å²) in [5, 5.41) is 4.43. The minimum absolute atomic E-state index is 0.0612. The summed E-state index contributed by atoms with van der Waals surface area (Å²) in [4.78, 5) is 21.1. The fraction of sp³-hybridized carbons (Fsp3) is 0.333. The van der Waals surface area contributed by atoms with Gasteiger partial charge < -0.3 is 24.0 Å². The molecule has 146 valence electrons. The van der Waals surface area contributed by atoms with Gasteiger partial charge in [0.15, 0.2) is 11.7 Å². The molecular formula is C21H24N4O3. The number of rotatable bonds is 4. The zero-order chi connectivity index (χ0) is 19.3. The van der Waals surface area contributed by atoms with Crippen LogP contribution >= 0.6 is 0 Å². The van der Waals surface area contributed by atoms with Crippen molar-refractivity contribution >= 4 is 22.8 Å². The van der Waals surface area contributed by atoms with E-state index in [1.807, 2.05) is 42.2 Å². The van der Waals surface area contributed by atoms with Gasteiger partial charge >= 0.3 is 0 Å². The van der Waals surface area contributed by atoms with Crippen LogP contribution in [-0.2, 0) is 6.54 Å². The van der Waals surface area contributed by atoms with E-state index < -0.39 is 0 Å². The maximum Gasteiger partial charge on any atom is 0.289 e. The number of aliphatic imine (C=N–C) groups is 1. The molecule has 0 unspecified atom stereocenters. The van der Waals surface area contributed by atoms with Crippen molar-refractivity contribution in [2.24, 2.45) is 4.99 Å². The van der Waals surface area contributed by atoms with Gasteiger partial charge in [0.1, 0.15) is 17.9 Å². The van der Waals surface area contributed by atoms with Gasteiger partial charge in [-0.1, -0.05) is 18.2 Å². The Morgan fingerprint density at radius 3 is 2.61 bits per heavy atom. The standard InChI is InChI=1S/C21H24N4O3/c1-2-22-21(23-15-17-14-16-6-3-4-7-18(16)28-17)25-11-9-24(10-12-25)20(26)19-8-5-13-27-19/h3-8,13-14H,2,9-12,15H2,1H3,(H,22,23). The number of fused-ring (bicyclic) bond motifs is 1. The van der Waals surface area contributed by atoms with Gasteiger partial charge in [0.2, 0.25) is 0 Å². The molecule has 4 rings (SSSR count). The maximum absolute atomic E-state index is 12.4. The average molecular weight is 380 g/mol. The lowest BCUT2D eigenvalue weighted by atomic mass is 10.2. The van der Waals surface area contributed by atoms with Crippen molar-refractivity contribution in [2.75, 3.05) is 32.7 Å². The zero-order valence-corrected chi connectivity index (χ0v) is 15.9. The second kappa shape index (κ2) is 8.21. The third kappa shape index (κ3) is 3.88. The van der Waals surface area contributed by atoms with Crippen molar-refractivity contribution in [3.8, 4) is 0 Å². The molecular weight excluding hydrogens is 356 g/mol. The number of carbonyl (C=O) groups is 1. The zero-order valence-electron chi connectivity index (χ0n) is 15.9. The van der Waals surface area contributed by atoms with Crippen LogP contribution in [0.2, 0.25) is 0 Å². The van der Waals surface area contributed by atoms with E-state index >= 15 is 0 Å². The molecule has 0 atom stereocenters. The molecule has 1 aromatic carbocycles. The van der Waals surface area contributed by atoms with Gasteiger partial charge in [-0.25, -0.2) is 4.99 Å². The summed E-state index contributed by atoms with van der Waals surface area (Å²) in [6.07, 6.45) is 1.53. The summed E-state index contributed by atoms with van der Waals surface area (Å²) in [5.74, 6) is 2.00. The average Bonchev–Trinajstić information content (AvgIpc) is 3.40. The number of nitrogens with one attached hydrogen (secondary N) is 1. The quantitative estimate of drug-likeness (QED) is 0.556. The number of amides is 1. The normalized spacial score (nSPS) is 15.2. The molecule has 0 bridgehead atoms. The summed E-state index contributed by atoms with van der Waals surface area (Å²) < 4.78 is 11.1. The van der Waals surface area contributed by atoms with E-state index in [4.69, 9.17) is 13.8 Å². The summed E-state index contributed by atoms with van der Waals surface area (Å²) in [6, 6.07) is 13.4. The lowest BCUT2D eigenvalue weighted by molar-refractivity contribution is 0.0657. The van der Waals surface area contributed by atoms with E-state index in [0.717, 1.165) is 42.3 Å². The third-order valence-electron chi connectivity index (χ3n) is 4.79. The molecule has 1 N–H and O–H groups in total. The molecule has 1 fully saturated rings. The number of piperazine rings is 1. The number of benzene rings is 1. The van der Waals surface area contributed by atoms with E-state index in [1.165, 1.54) is 6.26 Å². The Morgan fingerprint density at radius 1 is 1.11 bits per heavy atom. The molecule has 1 aliphatic heterocycles. The molecule has 1 saturated heterocycles. The first-order valence-corrected chi connectivity index (χ1v) is 9.58. The van der Waals surface area contributed by atoms with Crippen molar-refractivity contribution < 1.29 is 13.6 Å². The highest BCUT2D eigenvalue weighted by Gasteiger charge is 2.25. The Balaban J connectivity index is 1.40. The van der Waals surface area contributed by atoms with Gasteiger partial charge in [-0.3, -0.25) is 4.79 Å². The van der Waals surface area contributed by atoms with Gasteiger partial charge in [-0.2, -0.15) is 0 Å². The van der Waals surface area contributed by atoms with Crippen molar-refractivity contribution in [1.29, 1.82) is 0 Å². The Kier molecular flexibility index (Phi) is 5.32. The molecule has 0 saturated carbocycles. The number of nitrogens with zero attached hydrogens (tertiary/aromatic N) is 3. The highest BCUT2D eigenvalue weighted by Crippen LogP contribution is 2.19. The Morgan fingerprint density at radius 2 is 1.89 bits per heavy atom. The van der Waals surface area contributed by atoms with E-state index in [1.54, 1.807) is 12.1 Å². The first kappa shape index (κ1) is 18.2. The number of para-hydroxylation sites is 1. The van der Waals surface area contributed by atoms with E-state index in [-0.39, 0.29) is 5.91 Å². The van der Waals surface area contributed by atoms with Crippen LogP contribution in [0.4, 0.5) is 0 Å². The highest BCUT2D eigenvalue weighted by atomic mass is 16.3. The Bertz CT molecular complexity index is 920. The van der Waals surface area contributed by atoms with Crippen molar-refractivity contribution in [2.45, 2.75) is 13.5 Å². The summed E-state index contributed by atoms with van der Waals surface area (Å²) in [5.41, 5.74) is 0.878.